The number of nitrogens with one attached hydrogen (secondary N) is 2. The highest BCUT2D eigenvalue weighted by atomic mass is 16.2. The molecule has 110 valence electrons. The van der Waals surface area contributed by atoms with Crippen LogP contribution in [0.4, 0.5) is 0 Å². The number of aromatic nitrogens is 6. The highest BCUT2D eigenvalue weighted by Crippen LogP contribution is 2.19. The molecule has 0 unspecified atom stereocenters. The Hall–Kier alpha value is -2.64. The Bertz CT molecular complexity index is 926. The molecule has 0 aliphatic carbocycles. The number of hydrogen-bond acceptors (Lipinski definition) is 4. The van der Waals surface area contributed by atoms with E-state index in [9.17, 15) is 9.59 Å². The predicted octanol–water partition coefficient (Wildman–Crippen LogP) is 0.396. The first-order chi connectivity index (χ1) is 10.0. The van der Waals surface area contributed by atoms with Crippen LogP contribution in [-0.2, 0) is 20.0 Å². The van der Waals surface area contributed by atoms with Crippen molar-refractivity contribution in [2.24, 2.45) is 7.05 Å². The van der Waals surface area contributed by atoms with Crippen molar-refractivity contribution in [1.29, 1.82) is 0 Å². The normalized spacial score (nSPS) is 11.4. The Morgan fingerprint density at radius 1 is 1.24 bits per heavy atom. The molecule has 0 saturated carbocycles. The van der Waals surface area contributed by atoms with Gasteiger partial charge < -0.3 is 4.98 Å². The van der Waals surface area contributed by atoms with Gasteiger partial charge in [0.2, 0.25) is 0 Å². The van der Waals surface area contributed by atoms with Crippen molar-refractivity contribution < 1.29 is 0 Å². The molecule has 8 nitrogen and oxygen atoms in total. The van der Waals surface area contributed by atoms with Gasteiger partial charge in [-0.3, -0.25) is 19.0 Å². The van der Waals surface area contributed by atoms with Gasteiger partial charge in [0.1, 0.15) is 11.2 Å². The van der Waals surface area contributed by atoms with Crippen LogP contribution in [0.25, 0.3) is 22.7 Å². The van der Waals surface area contributed by atoms with Crippen molar-refractivity contribution >= 4 is 11.2 Å². The second kappa shape index (κ2) is 4.72. The lowest BCUT2D eigenvalue weighted by molar-refractivity contribution is 0.653. The SMILES string of the molecule is CCc1cc(-c2nc3c([nH]2)c(=O)[nH]c(=O)n3C)n(CC)n1. The van der Waals surface area contributed by atoms with Gasteiger partial charge in [-0.15, -0.1) is 0 Å². The Morgan fingerprint density at radius 2 is 2.00 bits per heavy atom. The van der Waals surface area contributed by atoms with Gasteiger partial charge in [0.25, 0.3) is 5.56 Å². The number of fused-ring (bicyclic) bond motifs is 1. The highest BCUT2D eigenvalue weighted by Gasteiger charge is 2.15. The van der Waals surface area contributed by atoms with Crippen LogP contribution < -0.4 is 11.2 Å². The Morgan fingerprint density at radius 3 is 2.67 bits per heavy atom. The van der Waals surface area contributed by atoms with Crippen molar-refractivity contribution in [2.75, 3.05) is 0 Å². The molecule has 3 aromatic heterocycles. The summed E-state index contributed by atoms with van der Waals surface area (Å²) in [6.45, 7) is 4.71. The third-order valence-electron chi connectivity index (χ3n) is 3.49. The van der Waals surface area contributed by atoms with Gasteiger partial charge in [0.15, 0.2) is 11.5 Å². The topological polar surface area (TPSA) is 101 Å². The summed E-state index contributed by atoms with van der Waals surface area (Å²) in [6.07, 6.45) is 0.819. The van der Waals surface area contributed by atoms with Crippen molar-refractivity contribution in [2.45, 2.75) is 26.8 Å². The van der Waals surface area contributed by atoms with E-state index in [0.717, 1.165) is 17.8 Å². The lowest BCUT2D eigenvalue weighted by Gasteiger charge is -2.00. The van der Waals surface area contributed by atoms with E-state index in [1.54, 1.807) is 7.05 Å². The highest BCUT2D eigenvalue weighted by molar-refractivity contribution is 5.74. The first-order valence-electron chi connectivity index (χ1n) is 6.81. The quantitative estimate of drug-likeness (QED) is 0.728. The van der Waals surface area contributed by atoms with Gasteiger partial charge in [-0.25, -0.2) is 9.78 Å². The zero-order chi connectivity index (χ0) is 15.1. The molecule has 0 amide bonds. The lowest BCUT2D eigenvalue weighted by Crippen LogP contribution is -2.28. The van der Waals surface area contributed by atoms with Gasteiger partial charge in [0.05, 0.1) is 5.69 Å². The van der Waals surface area contributed by atoms with E-state index in [-0.39, 0.29) is 5.52 Å². The van der Waals surface area contributed by atoms with Crippen LogP contribution in [0, 0.1) is 0 Å². The molecule has 0 fully saturated rings. The van der Waals surface area contributed by atoms with Crippen molar-refractivity contribution in [3.05, 3.63) is 32.6 Å². The number of aryl methyl sites for hydroxylation is 3. The standard InChI is InChI=1S/C13H16N6O2/c1-4-7-6-8(19(5-2)17-7)10-14-9-11(15-10)18(3)13(21)16-12(9)20/h6H,4-5H2,1-3H3,(H,14,15)(H,16,20,21). The van der Waals surface area contributed by atoms with E-state index in [2.05, 4.69) is 20.1 Å². The molecule has 8 heteroatoms. The largest absolute Gasteiger partial charge is 0.331 e. The van der Waals surface area contributed by atoms with Crippen LogP contribution in [0.15, 0.2) is 15.7 Å². The number of nitrogens with zero attached hydrogens (tertiary/aromatic N) is 4. The van der Waals surface area contributed by atoms with Crippen LogP contribution in [0.3, 0.4) is 0 Å². The summed E-state index contributed by atoms with van der Waals surface area (Å²) in [5, 5.41) is 4.46. The molecule has 0 saturated heterocycles. The van der Waals surface area contributed by atoms with E-state index in [1.807, 2.05) is 24.6 Å². The minimum Gasteiger partial charge on any atom is -0.331 e. The Kier molecular flexibility index (Phi) is 3.00. The molecule has 0 aliphatic heterocycles. The van der Waals surface area contributed by atoms with E-state index in [1.165, 1.54) is 4.57 Å². The first kappa shape index (κ1) is 13.3. The van der Waals surface area contributed by atoms with E-state index >= 15 is 0 Å². The van der Waals surface area contributed by atoms with Crippen LogP contribution in [0.5, 0.6) is 0 Å². The third-order valence-corrected chi connectivity index (χ3v) is 3.49. The molecule has 0 radical (unpaired) electrons. The minimum absolute atomic E-state index is 0.286. The Balaban J connectivity index is 2.29. The monoisotopic (exact) mass is 288 g/mol. The molecule has 3 aromatic rings. The summed E-state index contributed by atoms with van der Waals surface area (Å²) in [7, 11) is 1.57. The second-order valence-corrected chi connectivity index (χ2v) is 4.79. The van der Waals surface area contributed by atoms with Gasteiger partial charge in [-0.2, -0.15) is 5.10 Å². The summed E-state index contributed by atoms with van der Waals surface area (Å²) in [5.74, 6) is 0.533. The summed E-state index contributed by atoms with van der Waals surface area (Å²) < 4.78 is 3.13. The lowest BCUT2D eigenvalue weighted by atomic mass is 10.3. The molecule has 0 spiro atoms. The zero-order valence-corrected chi connectivity index (χ0v) is 12.1. The van der Waals surface area contributed by atoms with Crippen molar-refractivity contribution in [3.8, 4) is 11.5 Å². The van der Waals surface area contributed by atoms with Crippen LogP contribution in [-0.4, -0.2) is 29.3 Å². The maximum atomic E-state index is 11.8. The molecule has 2 N–H and O–H groups in total. The average Bonchev–Trinajstić information content (AvgIpc) is 3.08. The fourth-order valence-corrected chi connectivity index (χ4v) is 2.30. The minimum atomic E-state index is -0.483. The van der Waals surface area contributed by atoms with Crippen LogP contribution >= 0.6 is 0 Å². The predicted molar refractivity (Wildman–Crippen MR) is 78.2 cm³/mol. The summed E-state index contributed by atoms with van der Waals surface area (Å²) in [4.78, 5) is 33.1. The van der Waals surface area contributed by atoms with Crippen LogP contribution in [0.2, 0.25) is 0 Å². The second-order valence-electron chi connectivity index (χ2n) is 4.79. The summed E-state index contributed by atoms with van der Waals surface area (Å²) >= 11 is 0. The molecule has 0 aliphatic rings. The van der Waals surface area contributed by atoms with Crippen molar-refractivity contribution in [3.63, 3.8) is 0 Å². The summed E-state index contributed by atoms with van der Waals surface area (Å²) in [5.41, 5.74) is 1.43. The van der Waals surface area contributed by atoms with E-state index < -0.39 is 11.2 Å². The first-order valence-corrected chi connectivity index (χ1v) is 6.81. The molecule has 3 rings (SSSR count). The van der Waals surface area contributed by atoms with Gasteiger partial charge in [0, 0.05) is 13.6 Å². The number of rotatable bonds is 3. The van der Waals surface area contributed by atoms with Gasteiger partial charge >= 0.3 is 5.69 Å². The fraction of sp³-hybridized carbons (Fsp3) is 0.385. The molecular weight excluding hydrogens is 272 g/mol. The van der Waals surface area contributed by atoms with Crippen LogP contribution in [0.1, 0.15) is 19.5 Å². The third kappa shape index (κ3) is 1.99. The van der Waals surface area contributed by atoms with Gasteiger partial charge in [-0.1, -0.05) is 6.92 Å². The Labute approximate surface area is 119 Å². The summed E-state index contributed by atoms with van der Waals surface area (Å²) in [6, 6.07) is 1.94. The molecule has 0 atom stereocenters. The average molecular weight is 288 g/mol. The maximum Gasteiger partial charge on any atom is 0.329 e. The number of imidazole rings is 1. The molecule has 0 aromatic carbocycles. The molecular formula is C13H16N6O2. The van der Waals surface area contributed by atoms with Crippen molar-refractivity contribution in [1.82, 2.24) is 29.3 Å². The zero-order valence-electron chi connectivity index (χ0n) is 12.1. The maximum absolute atomic E-state index is 11.8. The number of aromatic amines is 2. The van der Waals surface area contributed by atoms with E-state index in [0.29, 0.717) is 18.0 Å². The smallest absolute Gasteiger partial charge is 0.329 e. The molecule has 3 heterocycles. The number of hydrogen-bond donors (Lipinski definition) is 2. The fourth-order valence-electron chi connectivity index (χ4n) is 2.30. The number of H-pyrrole nitrogens is 2. The van der Waals surface area contributed by atoms with Gasteiger partial charge in [-0.05, 0) is 19.4 Å². The van der Waals surface area contributed by atoms with E-state index in [4.69, 9.17) is 0 Å². The molecule has 0 bridgehead atoms. The molecule has 21 heavy (non-hydrogen) atoms.